The molecule has 3 aromatic carbocycles. The number of carbonyl (C=O) groups is 1. The Morgan fingerprint density at radius 2 is 1.90 bits per heavy atom. The summed E-state index contributed by atoms with van der Waals surface area (Å²) < 4.78 is 30.5. The lowest BCUT2D eigenvalue weighted by Gasteiger charge is -2.17. The van der Waals surface area contributed by atoms with Gasteiger partial charge in [-0.3, -0.25) is 0 Å². The second-order valence-corrected chi connectivity index (χ2v) is 10.6. The third kappa shape index (κ3) is 7.29. The minimum absolute atomic E-state index is 0.189. The van der Waals surface area contributed by atoms with Gasteiger partial charge in [0, 0.05) is 22.7 Å². The summed E-state index contributed by atoms with van der Waals surface area (Å²) >= 11 is 6.48. The number of nitrogens with one attached hydrogen (secondary N) is 1. The molecule has 0 unspecified atom stereocenters. The van der Waals surface area contributed by atoms with Gasteiger partial charge in [-0.2, -0.15) is 0 Å². The maximum Gasteiger partial charge on any atom is 0.331 e. The van der Waals surface area contributed by atoms with Crippen LogP contribution in [0, 0.1) is 5.82 Å². The van der Waals surface area contributed by atoms with Crippen molar-refractivity contribution in [2.75, 3.05) is 5.32 Å². The largest absolute Gasteiger partial charge is 0.487 e. The third-order valence-electron chi connectivity index (χ3n) is 5.82. The molecule has 0 saturated heterocycles. The second kappa shape index (κ2) is 11.8. The third-order valence-corrected chi connectivity index (χ3v) is 6.11. The van der Waals surface area contributed by atoms with Crippen LogP contribution >= 0.6 is 11.6 Å². The summed E-state index contributed by atoms with van der Waals surface area (Å²) in [5.74, 6) is 1.43. The number of esters is 1. The van der Waals surface area contributed by atoms with E-state index in [0.717, 1.165) is 16.5 Å². The van der Waals surface area contributed by atoms with E-state index in [2.05, 4.69) is 15.3 Å². The maximum absolute atomic E-state index is 13.4. The molecule has 5 aromatic rings. The number of anilines is 2. The van der Waals surface area contributed by atoms with Gasteiger partial charge in [-0.05, 0) is 93.1 Å². The number of halogens is 2. The first-order valence-corrected chi connectivity index (χ1v) is 13.2. The molecule has 7 nitrogen and oxygen atoms in total. The summed E-state index contributed by atoms with van der Waals surface area (Å²) in [5.41, 5.74) is 2.38. The van der Waals surface area contributed by atoms with Crippen molar-refractivity contribution in [1.29, 1.82) is 0 Å². The zero-order valence-electron chi connectivity index (χ0n) is 22.7. The number of carbonyl (C=O) groups excluding carboxylic acids is 1. The lowest BCUT2D eigenvalue weighted by atomic mass is 10.1. The zero-order chi connectivity index (χ0) is 29.0. The molecule has 41 heavy (non-hydrogen) atoms. The Morgan fingerprint density at radius 1 is 1.05 bits per heavy atom. The van der Waals surface area contributed by atoms with Crippen LogP contribution in [0.25, 0.3) is 28.3 Å². The second-order valence-electron chi connectivity index (χ2n) is 10.2. The van der Waals surface area contributed by atoms with Crippen LogP contribution in [0.5, 0.6) is 5.75 Å². The first kappa shape index (κ1) is 27.9. The van der Waals surface area contributed by atoms with E-state index in [1.165, 1.54) is 24.5 Å². The highest BCUT2D eigenvalue weighted by Crippen LogP contribution is 2.33. The fourth-order valence-corrected chi connectivity index (χ4v) is 4.25. The van der Waals surface area contributed by atoms with Crippen LogP contribution in [0.2, 0.25) is 5.02 Å². The molecule has 2 heterocycles. The molecule has 1 N–H and O–H groups in total. The normalized spacial score (nSPS) is 11.6. The SMILES string of the molecule is CC(C)(C)OC(=O)C=Cc1ccc(-c2ccc3ncnc(Nc4ccc(OCc5cccc(F)c5)c(Cl)c4)c3c2)o1. The first-order valence-electron chi connectivity index (χ1n) is 12.8. The fraction of sp³-hybridized carbons (Fsp3) is 0.156. The van der Waals surface area contributed by atoms with E-state index in [4.69, 9.17) is 25.5 Å². The van der Waals surface area contributed by atoms with Crippen molar-refractivity contribution in [3.8, 4) is 17.1 Å². The Balaban J connectivity index is 1.32. The van der Waals surface area contributed by atoms with Gasteiger partial charge in [0.05, 0.1) is 10.5 Å². The minimum Gasteiger partial charge on any atom is -0.487 e. The lowest BCUT2D eigenvalue weighted by molar-refractivity contribution is -0.148. The molecule has 0 saturated carbocycles. The van der Waals surface area contributed by atoms with E-state index in [-0.39, 0.29) is 12.4 Å². The molecule has 0 aliphatic rings. The molecule has 0 amide bonds. The average molecular weight is 572 g/mol. The molecule has 2 aromatic heterocycles. The number of nitrogens with zero attached hydrogens (tertiary/aromatic N) is 2. The van der Waals surface area contributed by atoms with Crippen molar-refractivity contribution in [2.45, 2.75) is 33.0 Å². The van der Waals surface area contributed by atoms with E-state index in [1.807, 2.05) is 51.1 Å². The molecule has 0 aliphatic carbocycles. The fourth-order valence-electron chi connectivity index (χ4n) is 4.01. The van der Waals surface area contributed by atoms with Gasteiger partial charge in [0.15, 0.2) is 0 Å². The molecule has 0 bridgehead atoms. The summed E-state index contributed by atoms with van der Waals surface area (Å²) in [6, 6.07) is 20.8. The Bertz CT molecular complexity index is 1740. The van der Waals surface area contributed by atoms with Gasteiger partial charge >= 0.3 is 5.97 Å². The van der Waals surface area contributed by atoms with Crippen LogP contribution in [-0.4, -0.2) is 21.5 Å². The summed E-state index contributed by atoms with van der Waals surface area (Å²) in [6.45, 7) is 5.62. The standard InChI is InChI=1S/C32H27ClFN3O4/c1-32(2,3)41-30(38)14-10-24-9-13-28(40-24)21-7-11-27-25(16-21)31(36-19-35-27)37-23-8-12-29(26(33)17-23)39-18-20-5-4-6-22(34)15-20/h4-17,19H,18H2,1-3H3,(H,35,36,37). The summed E-state index contributed by atoms with van der Waals surface area (Å²) in [4.78, 5) is 20.8. The molecule has 0 fully saturated rings. The van der Waals surface area contributed by atoms with Crippen LogP contribution in [0.15, 0.2) is 89.6 Å². The summed E-state index contributed by atoms with van der Waals surface area (Å²) in [6.07, 6.45) is 4.39. The Labute approximate surface area is 241 Å². The van der Waals surface area contributed by atoms with E-state index in [1.54, 1.807) is 36.4 Å². The molecule has 0 aliphatic heterocycles. The smallest absolute Gasteiger partial charge is 0.331 e. The molecule has 0 spiro atoms. The quantitative estimate of drug-likeness (QED) is 0.148. The van der Waals surface area contributed by atoms with Gasteiger partial charge in [0.1, 0.15) is 47.4 Å². The van der Waals surface area contributed by atoms with E-state index < -0.39 is 11.6 Å². The van der Waals surface area contributed by atoms with Crippen molar-refractivity contribution in [3.05, 3.63) is 107 Å². The number of aromatic nitrogens is 2. The van der Waals surface area contributed by atoms with Gasteiger partial charge in [-0.25, -0.2) is 19.2 Å². The highest BCUT2D eigenvalue weighted by Gasteiger charge is 2.14. The van der Waals surface area contributed by atoms with E-state index >= 15 is 0 Å². The monoisotopic (exact) mass is 571 g/mol. The Kier molecular flexibility index (Phi) is 8.03. The summed E-state index contributed by atoms with van der Waals surface area (Å²) in [7, 11) is 0. The van der Waals surface area contributed by atoms with Crippen LogP contribution in [-0.2, 0) is 16.1 Å². The number of benzene rings is 3. The number of ether oxygens (including phenoxy) is 2. The Morgan fingerprint density at radius 3 is 2.68 bits per heavy atom. The van der Waals surface area contributed by atoms with Gasteiger partial charge in [-0.1, -0.05) is 23.7 Å². The van der Waals surface area contributed by atoms with Gasteiger partial charge in [0.25, 0.3) is 0 Å². The minimum atomic E-state index is -0.569. The topological polar surface area (TPSA) is 86.5 Å². The van der Waals surface area contributed by atoms with Gasteiger partial charge in [0.2, 0.25) is 0 Å². The number of hydrogen-bond acceptors (Lipinski definition) is 7. The predicted octanol–water partition coefficient (Wildman–Crippen LogP) is 8.36. The van der Waals surface area contributed by atoms with Crippen molar-refractivity contribution in [1.82, 2.24) is 9.97 Å². The molecule has 5 rings (SSSR count). The van der Waals surface area contributed by atoms with Crippen LogP contribution in [0.4, 0.5) is 15.9 Å². The zero-order valence-corrected chi connectivity index (χ0v) is 23.4. The maximum atomic E-state index is 13.4. The molecule has 208 valence electrons. The van der Waals surface area contributed by atoms with E-state index in [0.29, 0.717) is 39.4 Å². The molecule has 0 radical (unpaired) electrons. The van der Waals surface area contributed by atoms with Gasteiger partial charge < -0.3 is 19.2 Å². The number of furan rings is 1. The molecular weight excluding hydrogens is 545 g/mol. The molecule has 9 heteroatoms. The van der Waals surface area contributed by atoms with Crippen molar-refractivity contribution in [2.24, 2.45) is 0 Å². The predicted molar refractivity (Wildman–Crippen MR) is 158 cm³/mol. The average Bonchev–Trinajstić information content (AvgIpc) is 3.40. The molecular formula is C32H27ClFN3O4. The number of rotatable bonds is 8. The highest BCUT2D eigenvalue weighted by atomic mass is 35.5. The Hall–Kier alpha value is -4.69. The van der Waals surface area contributed by atoms with Crippen molar-refractivity contribution in [3.63, 3.8) is 0 Å². The van der Waals surface area contributed by atoms with Crippen molar-refractivity contribution < 1.29 is 23.1 Å². The number of hydrogen-bond donors (Lipinski definition) is 1. The van der Waals surface area contributed by atoms with Crippen LogP contribution < -0.4 is 10.1 Å². The van der Waals surface area contributed by atoms with Gasteiger partial charge in [-0.15, -0.1) is 0 Å². The van der Waals surface area contributed by atoms with E-state index in [9.17, 15) is 9.18 Å². The molecule has 0 atom stereocenters. The number of fused-ring (bicyclic) bond motifs is 1. The summed E-state index contributed by atoms with van der Waals surface area (Å²) in [5, 5.41) is 4.47. The van der Waals surface area contributed by atoms with Crippen molar-refractivity contribution >= 4 is 46.1 Å². The highest BCUT2D eigenvalue weighted by molar-refractivity contribution is 6.32. The lowest BCUT2D eigenvalue weighted by Crippen LogP contribution is -2.22. The van der Waals surface area contributed by atoms with Crippen LogP contribution in [0.1, 0.15) is 32.1 Å². The first-order chi connectivity index (χ1) is 19.6. The van der Waals surface area contributed by atoms with Crippen LogP contribution in [0.3, 0.4) is 0 Å².